The SMILES string of the molecule is CC1CCN(C(=O)CCS(=O)(=O)c2cc(Br)cc3c2N(C(=O)C2CC2)CC3)CC1. The van der Waals surface area contributed by atoms with Gasteiger partial charge in [-0.05, 0) is 55.7 Å². The van der Waals surface area contributed by atoms with Crippen LogP contribution in [-0.2, 0) is 25.8 Å². The fourth-order valence-corrected chi connectivity index (χ4v) is 6.39. The Balaban J connectivity index is 1.54. The van der Waals surface area contributed by atoms with Gasteiger partial charge in [0.25, 0.3) is 0 Å². The Morgan fingerprint density at radius 3 is 2.45 bits per heavy atom. The second-order valence-corrected chi connectivity index (χ2v) is 11.6. The number of piperidine rings is 1. The number of benzene rings is 1. The van der Waals surface area contributed by atoms with Gasteiger partial charge in [0.2, 0.25) is 11.8 Å². The maximum Gasteiger partial charge on any atom is 0.230 e. The Morgan fingerprint density at radius 1 is 1.10 bits per heavy atom. The van der Waals surface area contributed by atoms with Crippen molar-refractivity contribution in [3.05, 3.63) is 22.2 Å². The van der Waals surface area contributed by atoms with Crippen molar-refractivity contribution < 1.29 is 18.0 Å². The molecule has 2 fully saturated rings. The highest BCUT2D eigenvalue weighted by Crippen LogP contribution is 2.41. The number of likely N-dealkylation sites (tertiary alicyclic amines) is 1. The summed E-state index contributed by atoms with van der Waals surface area (Å²) in [4.78, 5) is 28.8. The van der Waals surface area contributed by atoms with Gasteiger partial charge in [0, 0.05) is 36.4 Å². The lowest BCUT2D eigenvalue weighted by molar-refractivity contribution is -0.132. The summed E-state index contributed by atoms with van der Waals surface area (Å²) < 4.78 is 27.1. The third-order valence-corrected chi connectivity index (χ3v) is 8.42. The molecule has 0 spiro atoms. The van der Waals surface area contributed by atoms with E-state index < -0.39 is 9.84 Å². The van der Waals surface area contributed by atoms with Gasteiger partial charge in [-0.1, -0.05) is 22.9 Å². The van der Waals surface area contributed by atoms with Crippen LogP contribution in [0.2, 0.25) is 0 Å². The van der Waals surface area contributed by atoms with Crippen LogP contribution >= 0.6 is 15.9 Å². The normalized spacial score (nSPS) is 20.1. The van der Waals surface area contributed by atoms with Gasteiger partial charge in [0.05, 0.1) is 16.3 Å². The molecule has 1 saturated carbocycles. The molecule has 4 rings (SSSR count). The zero-order valence-corrected chi connectivity index (χ0v) is 19.1. The molecule has 158 valence electrons. The molecule has 29 heavy (non-hydrogen) atoms. The standard InChI is InChI=1S/C21H27BrN2O4S/c1-14-4-8-23(9-5-14)19(25)7-11-29(27,28)18-13-17(22)12-16-6-10-24(20(16)18)21(26)15-2-3-15/h12-15H,2-11H2,1H3. The van der Waals surface area contributed by atoms with Gasteiger partial charge in [0.15, 0.2) is 9.84 Å². The molecule has 0 N–H and O–H groups in total. The third kappa shape index (κ3) is 4.38. The van der Waals surface area contributed by atoms with Crippen LogP contribution < -0.4 is 4.90 Å². The number of carbonyl (C=O) groups excluding carboxylic acids is 2. The lowest BCUT2D eigenvalue weighted by Crippen LogP contribution is -2.38. The Labute approximate surface area is 180 Å². The molecule has 2 aliphatic heterocycles. The molecule has 3 aliphatic rings. The topological polar surface area (TPSA) is 74.8 Å². The summed E-state index contributed by atoms with van der Waals surface area (Å²) in [7, 11) is -3.70. The monoisotopic (exact) mass is 482 g/mol. The van der Waals surface area contributed by atoms with Gasteiger partial charge in [-0.15, -0.1) is 0 Å². The maximum atomic E-state index is 13.2. The molecule has 0 aromatic heterocycles. The average molecular weight is 483 g/mol. The summed E-state index contributed by atoms with van der Waals surface area (Å²) in [5, 5.41) is 0. The molecule has 0 atom stereocenters. The van der Waals surface area contributed by atoms with Crippen LogP contribution in [0.3, 0.4) is 0 Å². The molecule has 2 heterocycles. The van der Waals surface area contributed by atoms with E-state index in [1.807, 2.05) is 6.07 Å². The smallest absolute Gasteiger partial charge is 0.230 e. The number of amides is 2. The van der Waals surface area contributed by atoms with E-state index in [-0.39, 0.29) is 34.8 Å². The first-order valence-corrected chi connectivity index (χ1v) is 12.8. The molecule has 1 aliphatic carbocycles. The average Bonchev–Trinajstić information content (AvgIpc) is 3.45. The number of anilines is 1. The van der Waals surface area contributed by atoms with Gasteiger partial charge < -0.3 is 9.80 Å². The predicted molar refractivity (Wildman–Crippen MR) is 115 cm³/mol. The number of halogens is 1. The first-order chi connectivity index (χ1) is 13.8. The van der Waals surface area contributed by atoms with Crippen molar-refractivity contribution in [2.24, 2.45) is 11.8 Å². The fourth-order valence-electron chi connectivity index (χ4n) is 4.23. The van der Waals surface area contributed by atoms with Crippen LogP contribution in [0.15, 0.2) is 21.5 Å². The number of sulfone groups is 1. The maximum absolute atomic E-state index is 13.2. The van der Waals surface area contributed by atoms with E-state index in [0.717, 1.165) is 31.2 Å². The number of nitrogens with zero attached hydrogens (tertiary/aromatic N) is 2. The van der Waals surface area contributed by atoms with E-state index in [2.05, 4.69) is 22.9 Å². The van der Waals surface area contributed by atoms with E-state index in [1.165, 1.54) is 0 Å². The molecule has 1 saturated heterocycles. The highest BCUT2D eigenvalue weighted by atomic mass is 79.9. The fraction of sp³-hybridized carbons (Fsp3) is 0.619. The Bertz CT molecular complexity index is 934. The van der Waals surface area contributed by atoms with E-state index in [0.29, 0.717) is 42.1 Å². The van der Waals surface area contributed by atoms with Crippen molar-refractivity contribution in [1.29, 1.82) is 0 Å². The molecule has 6 nitrogen and oxygen atoms in total. The predicted octanol–water partition coefficient (Wildman–Crippen LogP) is 3.17. The van der Waals surface area contributed by atoms with Crippen LogP contribution in [-0.4, -0.2) is 50.5 Å². The Morgan fingerprint density at radius 2 is 1.79 bits per heavy atom. The van der Waals surface area contributed by atoms with Gasteiger partial charge in [-0.25, -0.2) is 8.42 Å². The summed E-state index contributed by atoms with van der Waals surface area (Å²) in [6.07, 6.45) is 4.33. The molecule has 0 unspecified atom stereocenters. The van der Waals surface area contributed by atoms with Crippen LogP contribution in [0.25, 0.3) is 0 Å². The number of fused-ring (bicyclic) bond motifs is 1. The van der Waals surface area contributed by atoms with Crippen LogP contribution in [0, 0.1) is 11.8 Å². The molecule has 0 bridgehead atoms. The zero-order chi connectivity index (χ0) is 20.8. The summed E-state index contributed by atoms with van der Waals surface area (Å²) >= 11 is 3.41. The summed E-state index contributed by atoms with van der Waals surface area (Å²) in [5.74, 6) is 0.344. The first kappa shape index (κ1) is 20.8. The van der Waals surface area contributed by atoms with Crippen LogP contribution in [0.5, 0.6) is 0 Å². The Hall–Kier alpha value is -1.41. The van der Waals surface area contributed by atoms with Crippen molar-refractivity contribution in [1.82, 2.24) is 4.90 Å². The van der Waals surface area contributed by atoms with Gasteiger partial charge in [-0.3, -0.25) is 9.59 Å². The quantitative estimate of drug-likeness (QED) is 0.645. The first-order valence-electron chi connectivity index (χ1n) is 10.4. The molecule has 8 heteroatoms. The van der Waals surface area contributed by atoms with E-state index in [9.17, 15) is 18.0 Å². The molecular formula is C21H27BrN2O4S. The zero-order valence-electron chi connectivity index (χ0n) is 16.7. The lowest BCUT2D eigenvalue weighted by Gasteiger charge is -2.30. The highest BCUT2D eigenvalue weighted by Gasteiger charge is 2.39. The summed E-state index contributed by atoms with van der Waals surface area (Å²) in [6.45, 7) is 4.11. The molecule has 0 radical (unpaired) electrons. The van der Waals surface area contributed by atoms with E-state index in [1.54, 1.807) is 15.9 Å². The third-order valence-electron chi connectivity index (χ3n) is 6.24. The van der Waals surface area contributed by atoms with Gasteiger partial charge in [0.1, 0.15) is 0 Å². The minimum absolute atomic E-state index is 0.0193. The number of rotatable bonds is 5. The second kappa shape index (κ2) is 8.02. The van der Waals surface area contributed by atoms with E-state index >= 15 is 0 Å². The van der Waals surface area contributed by atoms with Gasteiger partial charge >= 0.3 is 0 Å². The Kier molecular flexibility index (Phi) is 5.77. The van der Waals surface area contributed by atoms with Gasteiger partial charge in [-0.2, -0.15) is 0 Å². The lowest BCUT2D eigenvalue weighted by atomic mass is 9.99. The minimum atomic E-state index is -3.70. The molecule has 1 aromatic rings. The number of hydrogen-bond acceptors (Lipinski definition) is 4. The summed E-state index contributed by atoms with van der Waals surface area (Å²) in [5.41, 5.74) is 1.41. The molecule has 1 aromatic carbocycles. The summed E-state index contributed by atoms with van der Waals surface area (Å²) in [6, 6.07) is 3.48. The molecule has 2 amide bonds. The second-order valence-electron chi connectivity index (χ2n) is 8.56. The molecular weight excluding hydrogens is 456 g/mol. The number of hydrogen-bond donors (Lipinski definition) is 0. The van der Waals surface area contributed by atoms with Crippen molar-refractivity contribution in [3.8, 4) is 0 Å². The van der Waals surface area contributed by atoms with Crippen LogP contribution in [0.4, 0.5) is 5.69 Å². The number of carbonyl (C=O) groups is 2. The van der Waals surface area contributed by atoms with Crippen molar-refractivity contribution in [2.75, 3.05) is 30.3 Å². The highest BCUT2D eigenvalue weighted by molar-refractivity contribution is 9.10. The largest absolute Gasteiger partial charge is 0.343 e. The minimum Gasteiger partial charge on any atom is -0.343 e. The van der Waals surface area contributed by atoms with E-state index in [4.69, 9.17) is 0 Å². The van der Waals surface area contributed by atoms with Crippen molar-refractivity contribution in [3.63, 3.8) is 0 Å². The van der Waals surface area contributed by atoms with Crippen molar-refractivity contribution >= 4 is 43.3 Å². The van der Waals surface area contributed by atoms with Crippen LogP contribution in [0.1, 0.15) is 44.6 Å². The van der Waals surface area contributed by atoms with Crippen molar-refractivity contribution in [2.45, 2.75) is 50.3 Å².